The fourth-order valence-electron chi connectivity index (χ4n) is 4.26. The number of benzene rings is 1. The largest absolute Gasteiger partial charge is 0.445 e. The van der Waals surface area contributed by atoms with Crippen LogP contribution < -0.4 is 11.4 Å². The van der Waals surface area contributed by atoms with Crippen molar-refractivity contribution in [3.8, 4) is 11.4 Å². The smallest absolute Gasteiger partial charge is 0.410 e. The number of piperidine rings is 1. The van der Waals surface area contributed by atoms with Crippen molar-refractivity contribution in [2.75, 3.05) is 13.1 Å². The van der Waals surface area contributed by atoms with Gasteiger partial charge in [0.25, 0.3) is 5.91 Å². The molecule has 0 saturated carbocycles. The summed E-state index contributed by atoms with van der Waals surface area (Å²) >= 11 is 0. The number of primary amides is 1. The number of pyridine rings is 1. The third-order valence-corrected chi connectivity index (χ3v) is 6.01. The number of H-pyrrole nitrogens is 1. The van der Waals surface area contributed by atoms with E-state index < -0.39 is 17.7 Å². The van der Waals surface area contributed by atoms with E-state index in [0.717, 1.165) is 5.56 Å². The first kappa shape index (κ1) is 22.3. The number of hydrogen-bond donors (Lipinski definition) is 2. The molecule has 3 aromatic heterocycles. The van der Waals surface area contributed by atoms with Gasteiger partial charge in [-0.05, 0) is 30.5 Å². The van der Waals surface area contributed by atoms with Gasteiger partial charge in [0.05, 0.1) is 0 Å². The molecule has 3 N–H and O–H groups in total. The van der Waals surface area contributed by atoms with Crippen LogP contribution in [0.2, 0.25) is 0 Å². The minimum Gasteiger partial charge on any atom is -0.445 e. The fourth-order valence-corrected chi connectivity index (χ4v) is 4.26. The van der Waals surface area contributed by atoms with Gasteiger partial charge in [-0.15, -0.1) is 0 Å². The van der Waals surface area contributed by atoms with Gasteiger partial charge >= 0.3 is 11.8 Å². The van der Waals surface area contributed by atoms with Crippen LogP contribution in [0.25, 0.3) is 22.6 Å². The highest BCUT2D eigenvalue weighted by molar-refractivity contribution is 6.01. The van der Waals surface area contributed by atoms with Crippen molar-refractivity contribution >= 4 is 23.2 Å². The second-order valence-electron chi connectivity index (χ2n) is 8.26. The summed E-state index contributed by atoms with van der Waals surface area (Å²) in [5.41, 5.74) is 7.07. The highest BCUT2D eigenvalue weighted by Crippen LogP contribution is 2.27. The number of carbonyl (C=O) groups is 2. The van der Waals surface area contributed by atoms with Gasteiger partial charge in [0, 0.05) is 37.1 Å². The lowest BCUT2D eigenvalue weighted by molar-refractivity contribution is 0.0831. The molecule has 0 aliphatic carbocycles. The summed E-state index contributed by atoms with van der Waals surface area (Å²) in [5, 5.41) is 0. The number of fused-ring (bicyclic) bond motifs is 1. The van der Waals surface area contributed by atoms with Crippen LogP contribution in [0.4, 0.5) is 4.79 Å². The Kier molecular flexibility index (Phi) is 5.96. The van der Waals surface area contributed by atoms with Crippen molar-refractivity contribution in [2.45, 2.75) is 25.5 Å². The minimum absolute atomic E-state index is 0.0633. The fraction of sp³-hybridized carbons (Fsp3) is 0.250. The van der Waals surface area contributed by atoms with Crippen LogP contribution >= 0.6 is 0 Å². The SMILES string of the molecule is NC(=O)c1nc(-c2cccnc2)nc2c1[nH]c(=O)n2C1CCN(C(=O)OCc2ccccc2)CC1. The summed E-state index contributed by atoms with van der Waals surface area (Å²) in [4.78, 5) is 54.8. The molecule has 11 heteroatoms. The molecule has 0 atom stereocenters. The van der Waals surface area contributed by atoms with E-state index >= 15 is 0 Å². The molecule has 0 spiro atoms. The molecule has 11 nitrogen and oxygen atoms in total. The summed E-state index contributed by atoms with van der Waals surface area (Å²) in [7, 11) is 0. The summed E-state index contributed by atoms with van der Waals surface area (Å²) in [6.07, 6.45) is 3.83. The summed E-state index contributed by atoms with van der Waals surface area (Å²) in [6, 6.07) is 12.7. The van der Waals surface area contributed by atoms with Crippen molar-refractivity contribution in [3.63, 3.8) is 0 Å². The maximum atomic E-state index is 12.9. The van der Waals surface area contributed by atoms with E-state index in [2.05, 4.69) is 19.9 Å². The number of imidazole rings is 1. The summed E-state index contributed by atoms with van der Waals surface area (Å²) in [5.74, 6) is -0.527. The molecule has 1 saturated heterocycles. The normalized spacial score (nSPS) is 14.2. The topological polar surface area (TPSA) is 149 Å². The van der Waals surface area contributed by atoms with E-state index in [0.29, 0.717) is 37.1 Å². The molecule has 1 aliphatic rings. The van der Waals surface area contributed by atoms with Gasteiger partial charge in [-0.2, -0.15) is 0 Å². The molecule has 1 aliphatic heterocycles. The number of rotatable bonds is 5. The lowest BCUT2D eigenvalue weighted by Gasteiger charge is -2.31. The molecular weight excluding hydrogens is 450 g/mol. The van der Waals surface area contributed by atoms with Crippen molar-refractivity contribution in [1.82, 2.24) is 29.4 Å². The predicted octanol–water partition coefficient (Wildman–Crippen LogP) is 2.25. The Morgan fingerprint density at radius 2 is 1.86 bits per heavy atom. The summed E-state index contributed by atoms with van der Waals surface area (Å²) < 4.78 is 6.95. The number of aromatic amines is 1. The average molecular weight is 473 g/mol. The number of carbonyl (C=O) groups excluding carboxylic acids is 2. The number of likely N-dealkylation sites (tertiary alicyclic amines) is 1. The van der Waals surface area contributed by atoms with Crippen LogP contribution in [-0.4, -0.2) is 54.5 Å². The van der Waals surface area contributed by atoms with Gasteiger partial charge in [0.15, 0.2) is 17.2 Å². The number of aromatic nitrogens is 5. The van der Waals surface area contributed by atoms with Gasteiger partial charge in [-0.1, -0.05) is 30.3 Å². The molecule has 35 heavy (non-hydrogen) atoms. The number of nitrogens with one attached hydrogen (secondary N) is 1. The molecule has 2 amide bonds. The van der Waals surface area contributed by atoms with Gasteiger partial charge in [-0.3, -0.25) is 14.3 Å². The van der Waals surface area contributed by atoms with Crippen LogP contribution in [-0.2, 0) is 11.3 Å². The maximum Gasteiger partial charge on any atom is 0.410 e. The highest BCUT2D eigenvalue weighted by atomic mass is 16.6. The first-order valence-corrected chi connectivity index (χ1v) is 11.2. The van der Waals surface area contributed by atoms with E-state index in [-0.39, 0.29) is 29.7 Å². The number of hydrogen-bond acceptors (Lipinski definition) is 7. The zero-order valence-electron chi connectivity index (χ0n) is 18.8. The standard InChI is InChI=1S/C24H23N7O4/c25-20(32)18-19-22(29-21(27-18)16-7-4-10-26-13-16)31(23(33)28-19)17-8-11-30(12-9-17)24(34)35-14-15-5-2-1-3-6-15/h1-7,10,13,17H,8-9,11-12,14H2,(H2,25,32)(H,28,33). The van der Waals surface area contributed by atoms with Crippen LogP contribution in [0.1, 0.15) is 34.9 Å². The Hall–Kier alpha value is -4.54. The molecule has 0 bridgehead atoms. The molecule has 0 radical (unpaired) electrons. The molecule has 178 valence electrons. The number of nitrogens with zero attached hydrogens (tertiary/aromatic N) is 5. The van der Waals surface area contributed by atoms with Crippen molar-refractivity contribution in [1.29, 1.82) is 0 Å². The van der Waals surface area contributed by atoms with E-state index in [4.69, 9.17) is 10.5 Å². The van der Waals surface area contributed by atoms with Crippen molar-refractivity contribution in [2.24, 2.45) is 5.73 Å². The van der Waals surface area contributed by atoms with Crippen LogP contribution in [0.3, 0.4) is 0 Å². The van der Waals surface area contributed by atoms with E-state index in [9.17, 15) is 14.4 Å². The van der Waals surface area contributed by atoms with Crippen LogP contribution in [0.15, 0.2) is 59.7 Å². The maximum absolute atomic E-state index is 12.9. The second kappa shape index (κ2) is 9.37. The van der Waals surface area contributed by atoms with Crippen molar-refractivity contribution < 1.29 is 14.3 Å². The first-order chi connectivity index (χ1) is 17.0. The Balaban J connectivity index is 1.38. The third-order valence-electron chi connectivity index (χ3n) is 6.01. The Morgan fingerprint density at radius 3 is 2.54 bits per heavy atom. The third kappa shape index (κ3) is 4.47. The van der Waals surface area contributed by atoms with Crippen LogP contribution in [0.5, 0.6) is 0 Å². The average Bonchev–Trinajstić information content (AvgIpc) is 3.23. The zero-order valence-corrected chi connectivity index (χ0v) is 18.8. The number of nitrogens with two attached hydrogens (primary N) is 1. The lowest BCUT2D eigenvalue weighted by Crippen LogP contribution is -2.40. The predicted molar refractivity (Wildman–Crippen MR) is 126 cm³/mol. The Morgan fingerprint density at radius 1 is 1.09 bits per heavy atom. The zero-order chi connectivity index (χ0) is 24.4. The second-order valence-corrected chi connectivity index (χ2v) is 8.26. The Bertz CT molecular complexity index is 1430. The van der Waals surface area contributed by atoms with Gasteiger partial charge < -0.3 is 20.4 Å². The minimum atomic E-state index is -0.771. The molecule has 0 unspecified atom stereocenters. The number of ether oxygens (including phenoxy) is 1. The monoisotopic (exact) mass is 473 g/mol. The van der Waals surface area contributed by atoms with Gasteiger partial charge in [-0.25, -0.2) is 19.6 Å². The lowest BCUT2D eigenvalue weighted by atomic mass is 10.1. The van der Waals surface area contributed by atoms with Gasteiger partial charge in [0.1, 0.15) is 12.1 Å². The quantitative estimate of drug-likeness (QED) is 0.451. The van der Waals surface area contributed by atoms with Crippen molar-refractivity contribution in [3.05, 3.63) is 76.6 Å². The molecule has 4 aromatic rings. The highest BCUT2D eigenvalue weighted by Gasteiger charge is 2.29. The number of amides is 2. The van der Waals surface area contributed by atoms with Gasteiger partial charge in [0.2, 0.25) is 0 Å². The Labute approximate surface area is 199 Å². The first-order valence-electron chi connectivity index (χ1n) is 11.2. The van der Waals surface area contributed by atoms with E-state index in [1.807, 2.05) is 30.3 Å². The van der Waals surface area contributed by atoms with Crippen LogP contribution in [0, 0.1) is 0 Å². The molecular formula is C24H23N7O4. The molecule has 4 heterocycles. The summed E-state index contributed by atoms with van der Waals surface area (Å²) in [6.45, 7) is 1.03. The molecule has 1 fully saturated rings. The van der Waals surface area contributed by atoms with E-state index in [1.54, 1.807) is 29.4 Å². The molecule has 1 aromatic carbocycles. The van der Waals surface area contributed by atoms with E-state index in [1.165, 1.54) is 4.57 Å². The molecule has 5 rings (SSSR count).